The molecule has 0 aliphatic heterocycles. The van der Waals surface area contributed by atoms with Gasteiger partial charge < -0.3 is 5.32 Å². The third kappa shape index (κ3) is 2.22. The second kappa shape index (κ2) is 3.94. The van der Waals surface area contributed by atoms with Crippen LogP contribution < -0.4 is 5.32 Å². The first-order chi connectivity index (χ1) is 6.45. The van der Waals surface area contributed by atoms with E-state index in [9.17, 15) is 0 Å². The number of benzene rings is 1. The van der Waals surface area contributed by atoms with E-state index in [1.165, 1.54) is 18.4 Å². The van der Waals surface area contributed by atoms with Crippen LogP contribution in [-0.2, 0) is 0 Å². The zero-order chi connectivity index (χ0) is 8.93. The highest BCUT2D eigenvalue weighted by molar-refractivity contribution is 5.46. The number of anilines is 1. The van der Waals surface area contributed by atoms with Gasteiger partial charge in [-0.15, -0.1) is 0 Å². The van der Waals surface area contributed by atoms with E-state index < -0.39 is 0 Å². The van der Waals surface area contributed by atoms with E-state index in [2.05, 4.69) is 35.8 Å². The van der Waals surface area contributed by atoms with Crippen LogP contribution in [0.1, 0.15) is 12.8 Å². The van der Waals surface area contributed by atoms with E-state index in [1.807, 2.05) is 18.2 Å². The predicted octanol–water partition coefficient (Wildman–Crippen LogP) is 3.33. The fraction of sp³-hybridized carbons (Fsp3) is 0.167. The maximum absolute atomic E-state index is 3.27. The molecule has 1 heteroatoms. The molecule has 0 heterocycles. The van der Waals surface area contributed by atoms with Crippen molar-refractivity contribution in [2.75, 3.05) is 5.32 Å². The van der Waals surface area contributed by atoms with Gasteiger partial charge in [-0.05, 0) is 30.5 Å². The van der Waals surface area contributed by atoms with Gasteiger partial charge in [0.2, 0.25) is 0 Å². The predicted molar refractivity (Wildman–Crippen MR) is 56.5 cm³/mol. The van der Waals surface area contributed by atoms with Gasteiger partial charge in [0.15, 0.2) is 0 Å². The van der Waals surface area contributed by atoms with Gasteiger partial charge >= 0.3 is 0 Å². The Labute approximate surface area is 78.8 Å². The van der Waals surface area contributed by atoms with Crippen molar-refractivity contribution in [1.82, 2.24) is 0 Å². The fourth-order valence-electron chi connectivity index (χ4n) is 1.40. The van der Waals surface area contributed by atoms with Gasteiger partial charge in [-0.2, -0.15) is 0 Å². The van der Waals surface area contributed by atoms with Gasteiger partial charge in [0.1, 0.15) is 0 Å². The lowest BCUT2D eigenvalue weighted by molar-refractivity contribution is 1.06. The van der Waals surface area contributed by atoms with Crippen LogP contribution in [0.4, 0.5) is 5.69 Å². The zero-order valence-electron chi connectivity index (χ0n) is 7.53. The van der Waals surface area contributed by atoms with Gasteiger partial charge in [-0.25, -0.2) is 0 Å². The molecule has 1 aromatic carbocycles. The largest absolute Gasteiger partial charge is 0.361 e. The van der Waals surface area contributed by atoms with Crippen molar-refractivity contribution in [1.29, 1.82) is 0 Å². The molecule has 0 radical (unpaired) electrons. The molecule has 0 amide bonds. The Hall–Kier alpha value is -1.50. The lowest BCUT2D eigenvalue weighted by Crippen LogP contribution is -1.88. The minimum absolute atomic E-state index is 1.15. The van der Waals surface area contributed by atoms with E-state index in [1.54, 1.807) is 0 Å². The third-order valence-corrected chi connectivity index (χ3v) is 2.13. The second-order valence-corrected chi connectivity index (χ2v) is 3.17. The zero-order valence-corrected chi connectivity index (χ0v) is 7.53. The van der Waals surface area contributed by atoms with Crippen molar-refractivity contribution < 1.29 is 0 Å². The average Bonchev–Trinajstić information content (AvgIpc) is 2.69. The number of rotatable bonds is 2. The molecule has 0 aromatic heterocycles. The lowest BCUT2D eigenvalue weighted by atomic mass is 10.2. The lowest BCUT2D eigenvalue weighted by Gasteiger charge is -2.00. The summed E-state index contributed by atoms with van der Waals surface area (Å²) in [4.78, 5) is 0. The molecule has 1 nitrogen and oxygen atoms in total. The van der Waals surface area contributed by atoms with Crippen molar-refractivity contribution in [2.24, 2.45) is 0 Å². The summed E-state index contributed by atoms with van der Waals surface area (Å²) in [5.41, 5.74) is 2.53. The molecule has 1 aliphatic carbocycles. The Balaban J connectivity index is 1.99. The quantitative estimate of drug-likeness (QED) is 0.719. The highest BCUT2D eigenvalue weighted by Gasteiger charge is 1.97. The van der Waals surface area contributed by atoms with E-state index in [0.717, 1.165) is 5.69 Å². The SMILES string of the molecule is C1=CC(=CNc2ccccc2)CC1. The first-order valence-corrected chi connectivity index (χ1v) is 4.62. The molecule has 0 saturated heterocycles. The van der Waals surface area contributed by atoms with Crippen molar-refractivity contribution in [3.63, 3.8) is 0 Å². The van der Waals surface area contributed by atoms with E-state index >= 15 is 0 Å². The molecule has 0 bridgehead atoms. The first-order valence-electron chi connectivity index (χ1n) is 4.62. The minimum Gasteiger partial charge on any atom is -0.361 e. The number of allylic oxidation sites excluding steroid dienone is 3. The smallest absolute Gasteiger partial charge is 0.0379 e. The normalized spacial score (nSPS) is 18.0. The van der Waals surface area contributed by atoms with Crippen LogP contribution in [0.15, 0.2) is 54.3 Å². The fourth-order valence-corrected chi connectivity index (χ4v) is 1.40. The summed E-state index contributed by atoms with van der Waals surface area (Å²) < 4.78 is 0. The Bertz CT molecular complexity index is 322. The molecule has 0 unspecified atom stereocenters. The molecule has 1 N–H and O–H groups in total. The summed E-state index contributed by atoms with van der Waals surface area (Å²) in [6, 6.07) is 10.2. The minimum atomic E-state index is 1.15. The molecular weight excluding hydrogens is 158 g/mol. The molecule has 13 heavy (non-hydrogen) atoms. The Morgan fingerprint density at radius 3 is 2.69 bits per heavy atom. The molecule has 66 valence electrons. The number of para-hydroxylation sites is 1. The van der Waals surface area contributed by atoms with Crippen molar-refractivity contribution in [3.05, 3.63) is 54.3 Å². The van der Waals surface area contributed by atoms with Gasteiger partial charge in [0, 0.05) is 11.9 Å². The third-order valence-electron chi connectivity index (χ3n) is 2.13. The molecule has 0 fully saturated rings. The maximum Gasteiger partial charge on any atom is 0.0379 e. The summed E-state index contributed by atoms with van der Waals surface area (Å²) in [7, 11) is 0. The number of nitrogens with one attached hydrogen (secondary N) is 1. The van der Waals surface area contributed by atoms with E-state index in [4.69, 9.17) is 0 Å². The van der Waals surface area contributed by atoms with Gasteiger partial charge in [-0.1, -0.05) is 30.4 Å². The average molecular weight is 171 g/mol. The second-order valence-electron chi connectivity index (χ2n) is 3.17. The van der Waals surface area contributed by atoms with Crippen LogP contribution in [0.3, 0.4) is 0 Å². The Kier molecular flexibility index (Phi) is 2.46. The Morgan fingerprint density at radius 1 is 1.15 bits per heavy atom. The van der Waals surface area contributed by atoms with Crippen LogP contribution in [-0.4, -0.2) is 0 Å². The topological polar surface area (TPSA) is 12.0 Å². The van der Waals surface area contributed by atoms with Gasteiger partial charge in [-0.3, -0.25) is 0 Å². The van der Waals surface area contributed by atoms with Gasteiger partial charge in [0.25, 0.3) is 0 Å². The molecule has 1 aliphatic rings. The van der Waals surface area contributed by atoms with Crippen LogP contribution in [0.2, 0.25) is 0 Å². The first kappa shape index (κ1) is 8.11. The molecule has 0 atom stereocenters. The summed E-state index contributed by atoms with van der Waals surface area (Å²) in [5, 5.41) is 3.27. The summed E-state index contributed by atoms with van der Waals surface area (Å²) in [6.07, 6.45) is 8.81. The maximum atomic E-state index is 3.27. The standard InChI is InChI=1S/C12H13N/c1-2-8-12(9-3-1)13-10-11-6-4-5-7-11/h1-4,6,8-10,13H,5,7H2. The van der Waals surface area contributed by atoms with E-state index in [0.29, 0.717) is 0 Å². The summed E-state index contributed by atoms with van der Waals surface area (Å²) in [6.45, 7) is 0. The Morgan fingerprint density at radius 2 is 2.00 bits per heavy atom. The van der Waals surface area contributed by atoms with Gasteiger partial charge in [0.05, 0.1) is 0 Å². The van der Waals surface area contributed by atoms with Crippen LogP contribution in [0.25, 0.3) is 0 Å². The molecule has 0 saturated carbocycles. The highest BCUT2D eigenvalue weighted by atomic mass is 14.8. The molecular formula is C12H13N. The molecule has 2 rings (SSSR count). The van der Waals surface area contributed by atoms with Crippen LogP contribution >= 0.6 is 0 Å². The highest BCUT2D eigenvalue weighted by Crippen LogP contribution is 2.16. The number of hydrogen-bond acceptors (Lipinski definition) is 1. The summed E-state index contributed by atoms with van der Waals surface area (Å²) in [5.74, 6) is 0. The van der Waals surface area contributed by atoms with Crippen molar-refractivity contribution in [2.45, 2.75) is 12.8 Å². The number of hydrogen-bond donors (Lipinski definition) is 1. The van der Waals surface area contributed by atoms with Crippen LogP contribution in [0.5, 0.6) is 0 Å². The van der Waals surface area contributed by atoms with E-state index in [-0.39, 0.29) is 0 Å². The molecule has 1 aromatic rings. The van der Waals surface area contributed by atoms with Crippen LogP contribution in [0, 0.1) is 0 Å². The summed E-state index contributed by atoms with van der Waals surface area (Å²) >= 11 is 0. The monoisotopic (exact) mass is 171 g/mol. The molecule has 0 spiro atoms. The van der Waals surface area contributed by atoms with Crippen molar-refractivity contribution >= 4 is 5.69 Å². The van der Waals surface area contributed by atoms with Crippen molar-refractivity contribution in [3.8, 4) is 0 Å².